The van der Waals surface area contributed by atoms with E-state index in [1.165, 1.54) is 0 Å². The summed E-state index contributed by atoms with van der Waals surface area (Å²) in [4.78, 5) is 0. The molecule has 0 amide bonds. The van der Waals surface area contributed by atoms with Gasteiger partial charge < -0.3 is 10.2 Å². The molecule has 0 aliphatic rings. The van der Waals surface area contributed by atoms with Crippen molar-refractivity contribution in [3.05, 3.63) is 12.2 Å². The molecule has 0 radical (unpaired) electrons. The van der Waals surface area contributed by atoms with E-state index >= 15 is 0 Å². The molecule has 0 atom stereocenters. The number of hydrogen-bond acceptors (Lipinski definition) is 2. The molecule has 0 aromatic carbocycles. The fourth-order valence-electron chi connectivity index (χ4n) is 0.204. The van der Waals surface area contributed by atoms with Gasteiger partial charge in [-0.1, -0.05) is 18.4 Å². The maximum absolute atomic E-state index is 8.28. The van der Waals surface area contributed by atoms with Crippen molar-refractivity contribution in [3.63, 3.8) is 0 Å². The Morgan fingerprint density at radius 3 is 2.50 bits per heavy atom. The zero-order valence-corrected chi connectivity index (χ0v) is 4.52. The van der Waals surface area contributed by atoms with Crippen LogP contribution in [-0.2, 0) is 0 Å². The fraction of sp³-hybridized carbons (Fsp3) is 0.333. The molecule has 0 aliphatic carbocycles. The van der Waals surface area contributed by atoms with Crippen LogP contribution in [0, 0.1) is 11.8 Å². The number of hydrogen-bond donors (Lipinski definition) is 2. The summed E-state index contributed by atoms with van der Waals surface area (Å²) in [5.74, 6) is 4.78. The Morgan fingerprint density at radius 2 is 2.12 bits per heavy atom. The minimum absolute atomic E-state index is 0.132. The average molecular weight is 112 g/mol. The quantitative estimate of drug-likeness (QED) is 0.450. The van der Waals surface area contributed by atoms with Crippen molar-refractivity contribution in [1.29, 1.82) is 0 Å². The molecule has 2 nitrogen and oxygen atoms in total. The van der Waals surface area contributed by atoms with Crippen molar-refractivity contribution < 1.29 is 10.2 Å². The Morgan fingerprint density at radius 1 is 1.50 bits per heavy atom. The molecular formula is C6H8O2. The lowest BCUT2D eigenvalue weighted by molar-refractivity contribution is 0.336. The van der Waals surface area contributed by atoms with Gasteiger partial charge in [0.15, 0.2) is 0 Å². The van der Waals surface area contributed by atoms with Crippen LogP contribution >= 0.6 is 0 Å². The molecule has 0 heterocycles. The summed E-state index contributed by atoms with van der Waals surface area (Å²) < 4.78 is 0. The minimum atomic E-state index is -0.182. The maximum Gasteiger partial charge on any atom is 0.104 e. The van der Waals surface area contributed by atoms with Gasteiger partial charge in [0.1, 0.15) is 6.61 Å². The molecule has 2 N–H and O–H groups in total. The third-order valence-electron chi connectivity index (χ3n) is 0.535. The topological polar surface area (TPSA) is 40.5 Å². The van der Waals surface area contributed by atoms with Crippen LogP contribution in [0.2, 0.25) is 0 Å². The summed E-state index contributed by atoms with van der Waals surface area (Å²) >= 11 is 0. The molecule has 0 unspecified atom stereocenters. The van der Waals surface area contributed by atoms with Crippen molar-refractivity contribution in [2.45, 2.75) is 0 Å². The van der Waals surface area contributed by atoms with Gasteiger partial charge in [0.25, 0.3) is 0 Å². The lowest BCUT2D eigenvalue weighted by Gasteiger charge is -1.82. The van der Waals surface area contributed by atoms with E-state index in [0.29, 0.717) is 5.57 Å². The summed E-state index contributed by atoms with van der Waals surface area (Å²) in [6, 6.07) is 0. The molecule has 44 valence electrons. The van der Waals surface area contributed by atoms with Crippen molar-refractivity contribution in [1.82, 2.24) is 0 Å². The van der Waals surface area contributed by atoms with Gasteiger partial charge in [-0.3, -0.25) is 0 Å². The van der Waals surface area contributed by atoms with Gasteiger partial charge in [-0.2, -0.15) is 0 Å². The highest BCUT2D eigenvalue weighted by atomic mass is 16.3. The van der Waals surface area contributed by atoms with E-state index in [-0.39, 0.29) is 13.2 Å². The molecule has 8 heavy (non-hydrogen) atoms. The van der Waals surface area contributed by atoms with Crippen LogP contribution in [0.5, 0.6) is 0 Å². The predicted molar refractivity (Wildman–Crippen MR) is 31.1 cm³/mol. The summed E-state index contributed by atoms with van der Waals surface area (Å²) in [6.07, 6.45) is 0. The molecule has 0 fully saturated rings. The second-order valence-electron chi connectivity index (χ2n) is 1.22. The van der Waals surface area contributed by atoms with Crippen molar-refractivity contribution in [3.8, 4) is 11.8 Å². The number of rotatable bonds is 1. The molecule has 0 spiro atoms. The lowest BCUT2D eigenvalue weighted by atomic mass is 10.3. The Kier molecular flexibility index (Phi) is 3.95. The number of aliphatic hydroxyl groups excluding tert-OH is 2. The largest absolute Gasteiger partial charge is 0.391 e. The highest BCUT2D eigenvalue weighted by Crippen LogP contribution is 1.79. The first-order chi connectivity index (χ1) is 3.81. The van der Waals surface area contributed by atoms with Gasteiger partial charge in [-0.25, -0.2) is 0 Å². The molecule has 0 saturated heterocycles. The van der Waals surface area contributed by atoms with Crippen LogP contribution < -0.4 is 0 Å². The normalized spacial score (nSPS) is 7.25. The molecule has 0 aromatic heterocycles. The van der Waals surface area contributed by atoms with Crippen molar-refractivity contribution in [2.75, 3.05) is 13.2 Å². The SMILES string of the molecule is C=C(C#CCO)CO. The first kappa shape index (κ1) is 7.22. The van der Waals surface area contributed by atoms with E-state index in [4.69, 9.17) is 10.2 Å². The third-order valence-corrected chi connectivity index (χ3v) is 0.535. The summed E-state index contributed by atoms with van der Waals surface area (Å²) in [7, 11) is 0. The van der Waals surface area contributed by atoms with Gasteiger partial charge in [0.2, 0.25) is 0 Å². The van der Waals surface area contributed by atoms with Crippen molar-refractivity contribution >= 4 is 0 Å². The zero-order valence-electron chi connectivity index (χ0n) is 4.52. The van der Waals surface area contributed by atoms with Crippen LogP contribution in [0.25, 0.3) is 0 Å². The lowest BCUT2D eigenvalue weighted by Crippen LogP contribution is -1.83. The van der Waals surface area contributed by atoms with E-state index in [9.17, 15) is 0 Å². The van der Waals surface area contributed by atoms with E-state index in [1.54, 1.807) is 0 Å². The Balaban J connectivity index is 3.52. The van der Waals surface area contributed by atoms with Crippen LogP contribution in [0.3, 0.4) is 0 Å². The molecule has 0 saturated carbocycles. The molecule has 2 heteroatoms. The van der Waals surface area contributed by atoms with Gasteiger partial charge in [0, 0.05) is 5.57 Å². The minimum Gasteiger partial charge on any atom is -0.391 e. The van der Waals surface area contributed by atoms with Crippen LogP contribution in [-0.4, -0.2) is 23.4 Å². The van der Waals surface area contributed by atoms with Crippen LogP contribution in [0.15, 0.2) is 12.2 Å². The first-order valence-corrected chi connectivity index (χ1v) is 2.19. The predicted octanol–water partition coefficient (Wildman–Crippen LogP) is -0.469. The van der Waals surface area contributed by atoms with Gasteiger partial charge in [-0.05, 0) is 0 Å². The van der Waals surface area contributed by atoms with E-state index in [1.807, 2.05) is 0 Å². The second kappa shape index (κ2) is 4.38. The monoisotopic (exact) mass is 112 g/mol. The highest BCUT2D eigenvalue weighted by molar-refractivity contribution is 5.25. The van der Waals surface area contributed by atoms with E-state index in [0.717, 1.165) is 0 Å². The van der Waals surface area contributed by atoms with Gasteiger partial charge in [0.05, 0.1) is 6.61 Å². The first-order valence-electron chi connectivity index (χ1n) is 2.19. The number of aliphatic hydroxyl groups is 2. The molecule has 0 bridgehead atoms. The highest BCUT2D eigenvalue weighted by Gasteiger charge is 1.77. The second-order valence-corrected chi connectivity index (χ2v) is 1.22. The molecular weight excluding hydrogens is 104 g/mol. The molecule has 0 rings (SSSR count). The summed E-state index contributed by atoms with van der Waals surface area (Å²) in [5, 5.41) is 16.4. The Labute approximate surface area is 48.5 Å². The Hall–Kier alpha value is -0.780. The average Bonchev–Trinajstić information content (AvgIpc) is 1.83. The maximum atomic E-state index is 8.28. The third kappa shape index (κ3) is 3.41. The van der Waals surface area contributed by atoms with Gasteiger partial charge >= 0.3 is 0 Å². The molecule has 0 aromatic rings. The van der Waals surface area contributed by atoms with E-state index in [2.05, 4.69) is 18.4 Å². The Bertz CT molecular complexity index is 127. The van der Waals surface area contributed by atoms with E-state index < -0.39 is 0 Å². The summed E-state index contributed by atoms with van der Waals surface area (Å²) in [6.45, 7) is 3.06. The summed E-state index contributed by atoms with van der Waals surface area (Å²) in [5.41, 5.74) is 0.430. The smallest absolute Gasteiger partial charge is 0.104 e. The van der Waals surface area contributed by atoms with Crippen LogP contribution in [0.4, 0.5) is 0 Å². The van der Waals surface area contributed by atoms with Crippen LogP contribution in [0.1, 0.15) is 0 Å². The zero-order chi connectivity index (χ0) is 6.41. The fourth-order valence-corrected chi connectivity index (χ4v) is 0.204. The standard InChI is InChI=1S/C6H8O2/c1-6(5-8)3-2-4-7/h7-8H,1,4-5H2. The van der Waals surface area contributed by atoms with Gasteiger partial charge in [-0.15, -0.1) is 0 Å². The molecule has 0 aliphatic heterocycles. The van der Waals surface area contributed by atoms with Crippen molar-refractivity contribution in [2.24, 2.45) is 0 Å².